The Morgan fingerprint density at radius 1 is 1.19 bits per heavy atom. The summed E-state index contributed by atoms with van der Waals surface area (Å²) in [6.07, 6.45) is 0. The van der Waals surface area contributed by atoms with Crippen LogP contribution in [0.1, 0.15) is 15.9 Å². The zero-order chi connectivity index (χ0) is 22.2. The molecule has 3 rings (SSSR count). The summed E-state index contributed by atoms with van der Waals surface area (Å²) in [6.45, 7) is 0.407. The summed E-state index contributed by atoms with van der Waals surface area (Å²) in [5.41, 5.74) is 5.24. The number of benzene rings is 2. The number of amides is 2. The first-order valence-electron chi connectivity index (χ1n) is 8.82. The van der Waals surface area contributed by atoms with Crippen molar-refractivity contribution >= 4 is 29.3 Å². The van der Waals surface area contributed by atoms with Crippen molar-refractivity contribution in [3.63, 3.8) is 0 Å². The number of non-ortho nitro benzene ring substituents is 1. The van der Waals surface area contributed by atoms with Gasteiger partial charge in [0, 0.05) is 17.7 Å². The van der Waals surface area contributed by atoms with Gasteiger partial charge >= 0.3 is 0 Å². The second-order valence-electron chi connectivity index (χ2n) is 6.07. The van der Waals surface area contributed by atoms with Gasteiger partial charge in [-0.3, -0.25) is 30.6 Å². The van der Waals surface area contributed by atoms with Crippen LogP contribution in [0.2, 0.25) is 0 Å². The van der Waals surface area contributed by atoms with Gasteiger partial charge in [-0.15, -0.1) is 5.10 Å². The van der Waals surface area contributed by atoms with Crippen molar-refractivity contribution in [1.29, 1.82) is 0 Å². The number of methoxy groups -OCH3 is 1. The molecule has 0 aliphatic rings. The number of ether oxygens (including phenoxy) is 1. The molecule has 13 heteroatoms. The smallest absolute Gasteiger partial charge is 0.270 e. The third-order valence-electron chi connectivity index (χ3n) is 3.96. The standard InChI is InChI=1S/C18H17N7O5S/c1-30-15-7-5-12(6-8-15)10-24-18(21-22-23-24)31-11-16(26)19-20-17(27)13-3-2-4-14(9-13)25(28)29/h2-9H,10-11H2,1H3,(H,19,26)(H,20,27). The van der Waals surface area contributed by atoms with Crippen molar-refractivity contribution in [2.24, 2.45) is 0 Å². The molecular weight excluding hydrogens is 426 g/mol. The van der Waals surface area contributed by atoms with Gasteiger partial charge in [-0.1, -0.05) is 30.0 Å². The summed E-state index contributed by atoms with van der Waals surface area (Å²) in [5, 5.41) is 22.7. The molecular formula is C18H17N7O5S. The zero-order valence-electron chi connectivity index (χ0n) is 16.2. The fraction of sp³-hybridized carbons (Fsp3) is 0.167. The molecule has 0 aliphatic heterocycles. The van der Waals surface area contributed by atoms with Crippen LogP contribution in [0.15, 0.2) is 53.7 Å². The van der Waals surface area contributed by atoms with Crippen LogP contribution in [0, 0.1) is 10.1 Å². The molecule has 0 saturated heterocycles. The summed E-state index contributed by atoms with van der Waals surface area (Å²) >= 11 is 1.09. The predicted octanol–water partition coefficient (Wildman–Crippen LogP) is 1.19. The molecule has 0 saturated carbocycles. The van der Waals surface area contributed by atoms with E-state index in [1.807, 2.05) is 24.3 Å². The van der Waals surface area contributed by atoms with Crippen LogP contribution in [0.25, 0.3) is 0 Å². The van der Waals surface area contributed by atoms with Crippen molar-refractivity contribution in [2.75, 3.05) is 12.9 Å². The van der Waals surface area contributed by atoms with Gasteiger partial charge in [0.25, 0.3) is 11.6 Å². The van der Waals surface area contributed by atoms with Crippen molar-refractivity contribution in [1.82, 2.24) is 31.1 Å². The number of carbonyl (C=O) groups is 2. The van der Waals surface area contributed by atoms with E-state index in [-0.39, 0.29) is 17.0 Å². The van der Waals surface area contributed by atoms with Crippen molar-refractivity contribution in [3.8, 4) is 5.75 Å². The maximum absolute atomic E-state index is 12.1. The molecule has 1 aromatic heterocycles. The number of rotatable bonds is 8. The molecule has 2 aromatic carbocycles. The van der Waals surface area contributed by atoms with Crippen LogP contribution in [-0.2, 0) is 11.3 Å². The van der Waals surface area contributed by atoms with E-state index < -0.39 is 16.7 Å². The number of nitro benzene ring substituents is 1. The molecule has 0 atom stereocenters. The number of hydrazine groups is 1. The number of thioether (sulfide) groups is 1. The maximum atomic E-state index is 12.1. The molecule has 0 radical (unpaired) electrons. The molecule has 12 nitrogen and oxygen atoms in total. The fourth-order valence-corrected chi connectivity index (χ4v) is 3.11. The molecule has 0 bridgehead atoms. The molecule has 0 unspecified atom stereocenters. The van der Waals surface area contributed by atoms with E-state index >= 15 is 0 Å². The van der Waals surface area contributed by atoms with E-state index in [9.17, 15) is 19.7 Å². The summed E-state index contributed by atoms with van der Waals surface area (Å²) < 4.78 is 6.66. The minimum atomic E-state index is -0.675. The topological polar surface area (TPSA) is 154 Å². The Morgan fingerprint density at radius 2 is 1.97 bits per heavy atom. The number of hydrogen-bond donors (Lipinski definition) is 2. The van der Waals surface area contributed by atoms with Gasteiger partial charge in [-0.25, -0.2) is 4.68 Å². The minimum absolute atomic E-state index is 0.0468. The molecule has 0 spiro atoms. The van der Waals surface area contributed by atoms with Crippen LogP contribution < -0.4 is 15.6 Å². The Balaban J connectivity index is 1.50. The van der Waals surface area contributed by atoms with E-state index in [0.717, 1.165) is 29.1 Å². The van der Waals surface area contributed by atoms with Gasteiger partial charge in [0.05, 0.1) is 24.3 Å². The van der Waals surface area contributed by atoms with Gasteiger partial charge in [-0.2, -0.15) is 0 Å². The lowest BCUT2D eigenvalue weighted by Crippen LogP contribution is -2.42. The summed E-state index contributed by atoms with van der Waals surface area (Å²) in [5.74, 6) is -0.494. The highest BCUT2D eigenvalue weighted by molar-refractivity contribution is 7.99. The van der Waals surface area contributed by atoms with E-state index in [0.29, 0.717) is 11.7 Å². The average Bonchev–Trinajstić information content (AvgIpc) is 3.23. The molecule has 2 amide bonds. The Kier molecular flexibility index (Phi) is 7.11. The fourth-order valence-electron chi connectivity index (χ4n) is 2.43. The first-order valence-corrected chi connectivity index (χ1v) is 9.80. The van der Waals surface area contributed by atoms with Gasteiger partial charge in [0.15, 0.2) is 0 Å². The Labute approximate surface area is 180 Å². The lowest BCUT2D eigenvalue weighted by atomic mass is 10.2. The van der Waals surface area contributed by atoms with Gasteiger partial charge in [-0.05, 0) is 34.2 Å². The molecule has 0 aliphatic carbocycles. The number of nitro groups is 1. The molecule has 1 heterocycles. The number of aromatic nitrogens is 4. The predicted molar refractivity (Wildman–Crippen MR) is 109 cm³/mol. The molecule has 0 fully saturated rings. The number of nitrogens with zero attached hydrogens (tertiary/aromatic N) is 5. The van der Waals surface area contributed by atoms with Crippen LogP contribution in [0.5, 0.6) is 5.75 Å². The van der Waals surface area contributed by atoms with Crippen LogP contribution in [0.4, 0.5) is 5.69 Å². The van der Waals surface area contributed by atoms with Gasteiger partial charge in [0.1, 0.15) is 5.75 Å². The Morgan fingerprint density at radius 3 is 2.68 bits per heavy atom. The Bertz CT molecular complexity index is 1090. The largest absolute Gasteiger partial charge is 0.497 e. The molecule has 31 heavy (non-hydrogen) atoms. The lowest BCUT2D eigenvalue weighted by molar-refractivity contribution is -0.384. The maximum Gasteiger partial charge on any atom is 0.270 e. The van der Waals surface area contributed by atoms with E-state index in [2.05, 4.69) is 26.4 Å². The number of nitrogens with one attached hydrogen (secondary N) is 2. The quantitative estimate of drug-likeness (QED) is 0.297. The minimum Gasteiger partial charge on any atom is -0.497 e. The van der Waals surface area contributed by atoms with Crippen LogP contribution >= 0.6 is 11.8 Å². The van der Waals surface area contributed by atoms with E-state index in [4.69, 9.17) is 4.74 Å². The monoisotopic (exact) mass is 443 g/mol. The molecule has 3 aromatic rings. The Hall–Kier alpha value is -4.00. The zero-order valence-corrected chi connectivity index (χ0v) is 17.0. The summed E-state index contributed by atoms with van der Waals surface area (Å²) in [4.78, 5) is 34.3. The average molecular weight is 443 g/mol. The number of hydrogen-bond acceptors (Lipinski definition) is 9. The highest BCUT2D eigenvalue weighted by Gasteiger charge is 2.14. The van der Waals surface area contributed by atoms with Crippen molar-refractivity contribution < 1.29 is 19.2 Å². The number of carbonyl (C=O) groups excluding carboxylic acids is 2. The normalized spacial score (nSPS) is 10.4. The number of tetrazole rings is 1. The first kappa shape index (κ1) is 21.7. The second kappa shape index (κ2) is 10.2. The summed E-state index contributed by atoms with van der Waals surface area (Å²) in [6, 6.07) is 12.6. The lowest BCUT2D eigenvalue weighted by Gasteiger charge is -2.08. The van der Waals surface area contributed by atoms with Gasteiger partial charge < -0.3 is 4.74 Å². The SMILES string of the molecule is COc1ccc(Cn2nnnc2SCC(=O)NNC(=O)c2cccc([N+](=O)[O-])c2)cc1. The van der Waals surface area contributed by atoms with Crippen LogP contribution in [-0.4, -0.2) is 49.8 Å². The van der Waals surface area contributed by atoms with E-state index in [1.54, 1.807) is 11.8 Å². The van der Waals surface area contributed by atoms with Crippen LogP contribution in [0.3, 0.4) is 0 Å². The van der Waals surface area contributed by atoms with Crippen molar-refractivity contribution in [3.05, 3.63) is 69.8 Å². The highest BCUT2D eigenvalue weighted by atomic mass is 32.2. The van der Waals surface area contributed by atoms with Crippen molar-refractivity contribution in [2.45, 2.75) is 11.7 Å². The third-order valence-corrected chi connectivity index (χ3v) is 4.91. The highest BCUT2D eigenvalue weighted by Crippen LogP contribution is 2.17. The first-order chi connectivity index (χ1) is 15.0. The van der Waals surface area contributed by atoms with Gasteiger partial charge in [0.2, 0.25) is 11.1 Å². The second-order valence-corrected chi connectivity index (χ2v) is 7.01. The molecule has 160 valence electrons. The van der Waals surface area contributed by atoms with E-state index in [1.165, 1.54) is 18.2 Å². The molecule has 2 N–H and O–H groups in total. The third kappa shape index (κ3) is 5.99. The summed E-state index contributed by atoms with van der Waals surface area (Å²) in [7, 11) is 1.59.